The lowest BCUT2D eigenvalue weighted by Crippen LogP contribution is -2.38. The van der Waals surface area contributed by atoms with Gasteiger partial charge in [-0.25, -0.2) is 9.98 Å². The Hall–Kier alpha value is -2.60. The van der Waals surface area contributed by atoms with Crippen molar-refractivity contribution >= 4 is 17.3 Å². The number of rotatable bonds is 6. The summed E-state index contributed by atoms with van der Waals surface area (Å²) in [4.78, 5) is 14.7. The number of aliphatic imine (C=N–C) groups is 1. The fraction of sp³-hybridized carbons (Fsp3) is 0.263. The van der Waals surface area contributed by atoms with Gasteiger partial charge in [-0.1, -0.05) is 30.3 Å². The van der Waals surface area contributed by atoms with Gasteiger partial charge in [-0.2, -0.15) is 11.3 Å². The molecule has 0 radical (unpaired) electrons. The summed E-state index contributed by atoms with van der Waals surface area (Å²) in [6, 6.07) is 12.3. The molecule has 1 aromatic carbocycles. The highest BCUT2D eigenvalue weighted by Crippen LogP contribution is 2.16. The zero-order chi connectivity index (χ0) is 17.5. The normalized spacial score (nSPS) is 11.5. The molecule has 0 fully saturated rings. The number of nitrogens with zero attached hydrogens (tertiary/aromatic N) is 3. The highest BCUT2D eigenvalue weighted by Gasteiger charge is 2.10. The maximum Gasteiger partial charge on any atom is 0.194 e. The van der Waals surface area contributed by atoms with Crippen LogP contribution in [0.3, 0.4) is 0 Å². The summed E-state index contributed by atoms with van der Waals surface area (Å²) >= 11 is 1.70. The minimum atomic E-state index is 0.669. The molecule has 0 saturated carbocycles. The summed E-state index contributed by atoms with van der Waals surface area (Å²) in [5, 5.41) is 7.55. The van der Waals surface area contributed by atoms with Gasteiger partial charge in [-0.15, -0.1) is 0 Å². The number of hydrogen-bond donors (Lipinski definition) is 2. The van der Waals surface area contributed by atoms with Crippen molar-refractivity contribution in [3.8, 4) is 11.3 Å². The van der Waals surface area contributed by atoms with E-state index in [-0.39, 0.29) is 0 Å². The molecule has 25 heavy (non-hydrogen) atoms. The lowest BCUT2D eigenvalue weighted by molar-refractivity contribution is 0.464. The third-order valence-electron chi connectivity index (χ3n) is 3.79. The molecule has 2 heterocycles. The van der Waals surface area contributed by atoms with Crippen molar-refractivity contribution in [3.63, 3.8) is 0 Å². The second kappa shape index (κ2) is 8.48. The third kappa shape index (κ3) is 4.70. The zero-order valence-electron chi connectivity index (χ0n) is 14.6. The molecule has 0 aliphatic carbocycles. The van der Waals surface area contributed by atoms with Crippen LogP contribution in [0.1, 0.15) is 18.3 Å². The van der Waals surface area contributed by atoms with E-state index in [4.69, 9.17) is 4.99 Å². The highest BCUT2D eigenvalue weighted by molar-refractivity contribution is 7.07. The van der Waals surface area contributed by atoms with E-state index in [1.165, 1.54) is 5.56 Å². The fourth-order valence-corrected chi connectivity index (χ4v) is 3.19. The Morgan fingerprint density at radius 2 is 2.12 bits per heavy atom. The third-order valence-corrected chi connectivity index (χ3v) is 4.52. The van der Waals surface area contributed by atoms with Crippen LogP contribution in [0.4, 0.5) is 0 Å². The summed E-state index contributed by atoms with van der Waals surface area (Å²) in [7, 11) is 2.03. The SMILES string of the molecule is CCNC(=NCc1ccsc1)N(C)Cc1ncc(-c2ccccc2)[nH]1. The van der Waals surface area contributed by atoms with Crippen molar-refractivity contribution in [1.29, 1.82) is 0 Å². The molecule has 0 atom stereocenters. The van der Waals surface area contributed by atoms with Crippen LogP contribution in [0.15, 0.2) is 58.3 Å². The number of aromatic nitrogens is 2. The van der Waals surface area contributed by atoms with Gasteiger partial charge >= 0.3 is 0 Å². The first-order chi connectivity index (χ1) is 12.3. The van der Waals surface area contributed by atoms with E-state index in [2.05, 4.69) is 56.1 Å². The van der Waals surface area contributed by atoms with Gasteiger partial charge in [0.25, 0.3) is 0 Å². The average Bonchev–Trinajstić information content (AvgIpc) is 3.31. The second-order valence-electron chi connectivity index (χ2n) is 5.77. The Kier molecular flexibility index (Phi) is 5.85. The van der Waals surface area contributed by atoms with E-state index in [1.54, 1.807) is 11.3 Å². The molecular weight excluding hydrogens is 330 g/mol. The lowest BCUT2D eigenvalue weighted by Gasteiger charge is -2.21. The molecule has 0 aliphatic rings. The Balaban J connectivity index is 1.67. The van der Waals surface area contributed by atoms with E-state index in [9.17, 15) is 0 Å². The van der Waals surface area contributed by atoms with Gasteiger partial charge in [0.15, 0.2) is 5.96 Å². The molecule has 2 aromatic heterocycles. The van der Waals surface area contributed by atoms with E-state index in [1.807, 2.05) is 31.4 Å². The first-order valence-corrected chi connectivity index (χ1v) is 9.30. The molecule has 5 nitrogen and oxygen atoms in total. The van der Waals surface area contributed by atoms with Gasteiger partial charge in [0.2, 0.25) is 0 Å². The molecule has 6 heteroatoms. The van der Waals surface area contributed by atoms with Crippen LogP contribution in [0.25, 0.3) is 11.3 Å². The van der Waals surface area contributed by atoms with Gasteiger partial charge < -0.3 is 15.2 Å². The highest BCUT2D eigenvalue weighted by atomic mass is 32.1. The van der Waals surface area contributed by atoms with E-state index < -0.39 is 0 Å². The molecule has 0 bridgehead atoms. The van der Waals surface area contributed by atoms with Crippen molar-refractivity contribution in [2.45, 2.75) is 20.0 Å². The summed E-state index contributed by atoms with van der Waals surface area (Å²) < 4.78 is 0. The summed E-state index contributed by atoms with van der Waals surface area (Å²) in [5.74, 6) is 1.80. The standard InChI is InChI=1S/C19H23N5S/c1-3-20-19(22-11-15-9-10-25-14-15)24(2)13-18-21-12-17(23-18)16-7-5-4-6-8-16/h4-10,12,14H,3,11,13H2,1-2H3,(H,20,22)(H,21,23). The molecule has 0 amide bonds. The number of benzene rings is 1. The molecule has 3 rings (SSSR count). The molecule has 0 aliphatic heterocycles. The molecule has 0 spiro atoms. The Labute approximate surface area is 152 Å². The number of imidazole rings is 1. The molecule has 3 aromatic rings. The maximum absolute atomic E-state index is 4.71. The first kappa shape index (κ1) is 17.2. The predicted molar refractivity (Wildman–Crippen MR) is 105 cm³/mol. The summed E-state index contributed by atoms with van der Waals surface area (Å²) in [5.41, 5.74) is 3.41. The van der Waals surface area contributed by atoms with Gasteiger partial charge in [-0.3, -0.25) is 0 Å². The lowest BCUT2D eigenvalue weighted by atomic mass is 10.2. The van der Waals surface area contributed by atoms with Crippen LogP contribution in [0.2, 0.25) is 0 Å². The summed E-state index contributed by atoms with van der Waals surface area (Å²) in [6.45, 7) is 4.26. The smallest absolute Gasteiger partial charge is 0.194 e. The van der Waals surface area contributed by atoms with Crippen molar-refractivity contribution in [2.75, 3.05) is 13.6 Å². The molecular formula is C19H23N5S. The van der Waals surface area contributed by atoms with Gasteiger partial charge in [0.05, 0.1) is 25.0 Å². The van der Waals surface area contributed by atoms with E-state index >= 15 is 0 Å². The molecule has 2 N–H and O–H groups in total. The minimum absolute atomic E-state index is 0.669. The van der Waals surface area contributed by atoms with Crippen LogP contribution in [-0.4, -0.2) is 34.4 Å². The monoisotopic (exact) mass is 353 g/mol. The molecule has 130 valence electrons. The maximum atomic E-state index is 4.71. The number of thiophene rings is 1. The topological polar surface area (TPSA) is 56.3 Å². The second-order valence-corrected chi connectivity index (χ2v) is 6.55. The van der Waals surface area contributed by atoms with Crippen molar-refractivity contribution < 1.29 is 0 Å². The molecule has 0 unspecified atom stereocenters. The molecule has 0 saturated heterocycles. The van der Waals surface area contributed by atoms with Crippen LogP contribution in [0, 0.1) is 0 Å². The average molecular weight is 353 g/mol. The largest absolute Gasteiger partial charge is 0.357 e. The fourth-order valence-electron chi connectivity index (χ4n) is 2.53. The van der Waals surface area contributed by atoms with Crippen molar-refractivity contribution in [2.24, 2.45) is 4.99 Å². The van der Waals surface area contributed by atoms with Crippen molar-refractivity contribution in [3.05, 3.63) is 64.7 Å². The number of aromatic amines is 1. The number of nitrogens with one attached hydrogen (secondary N) is 2. The summed E-state index contributed by atoms with van der Waals surface area (Å²) in [6.07, 6.45) is 1.88. The van der Waals surface area contributed by atoms with Gasteiger partial charge in [0.1, 0.15) is 5.82 Å². The van der Waals surface area contributed by atoms with Crippen LogP contribution >= 0.6 is 11.3 Å². The minimum Gasteiger partial charge on any atom is -0.357 e. The van der Waals surface area contributed by atoms with Crippen LogP contribution in [0.5, 0.6) is 0 Å². The zero-order valence-corrected chi connectivity index (χ0v) is 15.4. The Morgan fingerprint density at radius 1 is 1.28 bits per heavy atom. The number of H-pyrrole nitrogens is 1. The van der Waals surface area contributed by atoms with Crippen LogP contribution < -0.4 is 5.32 Å². The van der Waals surface area contributed by atoms with Crippen LogP contribution in [-0.2, 0) is 13.1 Å². The van der Waals surface area contributed by atoms with E-state index in [0.717, 1.165) is 29.6 Å². The number of hydrogen-bond acceptors (Lipinski definition) is 3. The Bertz CT molecular complexity index is 792. The number of guanidine groups is 1. The van der Waals surface area contributed by atoms with Crippen molar-refractivity contribution in [1.82, 2.24) is 20.2 Å². The first-order valence-electron chi connectivity index (χ1n) is 8.36. The van der Waals surface area contributed by atoms with Gasteiger partial charge in [0, 0.05) is 13.6 Å². The van der Waals surface area contributed by atoms with E-state index in [0.29, 0.717) is 13.1 Å². The predicted octanol–water partition coefficient (Wildman–Crippen LogP) is 3.74. The quantitative estimate of drug-likeness (QED) is 0.524. The van der Waals surface area contributed by atoms with Gasteiger partial charge in [-0.05, 0) is 34.9 Å². The Morgan fingerprint density at radius 3 is 2.84 bits per heavy atom.